The molecule has 0 spiro atoms. The number of guanidine groups is 1. The van der Waals surface area contributed by atoms with Crippen LogP contribution in [0.1, 0.15) is 0 Å². The summed E-state index contributed by atoms with van der Waals surface area (Å²) >= 11 is 0. The lowest BCUT2D eigenvalue weighted by molar-refractivity contribution is 1.19. The lowest BCUT2D eigenvalue weighted by atomic mass is 10.8. The van der Waals surface area contributed by atoms with E-state index in [1.54, 1.807) is 0 Å². The van der Waals surface area contributed by atoms with Crippen LogP contribution in [-0.4, -0.2) is 18.7 Å². The Bertz CT molecular complexity index is 100. The molecule has 0 unspecified atom stereocenters. The average molecular weight is 115 g/mol. The van der Waals surface area contributed by atoms with Crippen LogP contribution in [0, 0.1) is 0 Å². The summed E-state index contributed by atoms with van der Waals surface area (Å²) in [4.78, 5) is 0. The second-order valence-corrected chi connectivity index (χ2v) is 1.06. The number of nitrogens with zero attached hydrogens (tertiary/aromatic N) is 2. The first-order valence-electron chi connectivity index (χ1n) is 2.08. The van der Waals surface area contributed by atoms with Crippen LogP contribution in [-0.2, 0) is 0 Å². The molecule has 0 aliphatic heterocycles. The van der Waals surface area contributed by atoms with Crippen LogP contribution >= 0.6 is 0 Å². The Hall–Kier alpha value is -1.10. The van der Waals surface area contributed by atoms with Crippen molar-refractivity contribution < 1.29 is 0 Å². The summed E-state index contributed by atoms with van der Waals surface area (Å²) in [6.07, 6.45) is 1.40. The summed E-state index contributed by atoms with van der Waals surface area (Å²) < 4.78 is 0. The van der Waals surface area contributed by atoms with Gasteiger partial charge in [0.15, 0.2) is 0 Å². The van der Waals surface area contributed by atoms with Crippen LogP contribution in [0.5, 0.6) is 0 Å². The molecule has 0 fully saturated rings. The molecule has 0 saturated carbocycles. The molecule has 0 aromatic carbocycles. The summed E-state index contributed by atoms with van der Waals surface area (Å²) in [6.45, 7) is 0.344. The van der Waals surface area contributed by atoms with E-state index in [1.807, 2.05) is 0 Å². The van der Waals surface area contributed by atoms with E-state index in [0.29, 0.717) is 6.54 Å². The molecule has 46 valence electrons. The fourth-order valence-electron chi connectivity index (χ4n) is 0.155. The van der Waals surface area contributed by atoms with E-state index >= 15 is 0 Å². The van der Waals surface area contributed by atoms with Crippen molar-refractivity contribution >= 4 is 12.2 Å². The summed E-state index contributed by atoms with van der Waals surface area (Å²) in [5, 5.41) is 6.65. The number of hydrogen-bond acceptors (Lipinski definition) is 3. The van der Waals surface area contributed by atoms with Gasteiger partial charge in [-0.3, -0.25) is 0 Å². The Kier molecular flexibility index (Phi) is 3.51. The van der Waals surface area contributed by atoms with E-state index in [0.717, 1.165) is 0 Å². The SMILES string of the molecule is NC/C=N/N=C(N)N. The minimum absolute atomic E-state index is 0.0605. The summed E-state index contributed by atoms with van der Waals surface area (Å²) in [7, 11) is 0. The van der Waals surface area contributed by atoms with E-state index in [4.69, 9.17) is 17.2 Å². The van der Waals surface area contributed by atoms with E-state index in [2.05, 4.69) is 10.2 Å². The highest BCUT2D eigenvalue weighted by molar-refractivity contribution is 5.76. The minimum Gasteiger partial charge on any atom is -0.369 e. The van der Waals surface area contributed by atoms with E-state index < -0.39 is 0 Å². The quantitative estimate of drug-likeness (QED) is 0.225. The summed E-state index contributed by atoms with van der Waals surface area (Å²) in [6, 6.07) is 0. The molecule has 6 N–H and O–H groups in total. The third-order valence-electron chi connectivity index (χ3n) is 0.360. The third-order valence-corrected chi connectivity index (χ3v) is 0.360. The Morgan fingerprint density at radius 3 is 2.50 bits per heavy atom. The second-order valence-electron chi connectivity index (χ2n) is 1.06. The molecule has 0 aromatic rings. The summed E-state index contributed by atoms with van der Waals surface area (Å²) in [5.74, 6) is -0.0605. The van der Waals surface area contributed by atoms with Gasteiger partial charge in [-0.15, -0.1) is 5.10 Å². The maximum Gasteiger partial charge on any atom is 0.211 e. The first-order chi connectivity index (χ1) is 3.77. The standard InChI is InChI=1S/C3H9N5/c4-1-2-7-8-3(5)6/h2H,1,4H2,(H4,5,6,8)/b7-2+. The second kappa shape index (κ2) is 4.07. The van der Waals surface area contributed by atoms with Crippen LogP contribution in [0.15, 0.2) is 10.2 Å². The molecule has 0 aliphatic carbocycles. The average Bonchev–Trinajstić information content (AvgIpc) is 1.66. The molecule has 0 bridgehead atoms. The molecule has 0 atom stereocenters. The van der Waals surface area contributed by atoms with Crippen molar-refractivity contribution in [3.63, 3.8) is 0 Å². The van der Waals surface area contributed by atoms with Gasteiger partial charge in [0.25, 0.3) is 0 Å². The maximum absolute atomic E-state index is 5.01. The normalized spacial score (nSPS) is 9.62. The molecule has 0 radical (unpaired) electrons. The first-order valence-corrected chi connectivity index (χ1v) is 2.08. The summed E-state index contributed by atoms with van der Waals surface area (Å²) in [5.41, 5.74) is 14.8. The maximum atomic E-state index is 5.01. The van der Waals surface area contributed by atoms with Gasteiger partial charge < -0.3 is 17.2 Å². The largest absolute Gasteiger partial charge is 0.369 e. The van der Waals surface area contributed by atoms with Crippen LogP contribution < -0.4 is 17.2 Å². The Morgan fingerprint density at radius 1 is 1.50 bits per heavy atom. The van der Waals surface area contributed by atoms with Crippen molar-refractivity contribution in [2.45, 2.75) is 0 Å². The monoisotopic (exact) mass is 115 g/mol. The van der Waals surface area contributed by atoms with E-state index in [-0.39, 0.29) is 5.96 Å². The Morgan fingerprint density at radius 2 is 2.12 bits per heavy atom. The van der Waals surface area contributed by atoms with Crippen LogP contribution in [0.2, 0.25) is 0 Å². The van der Waals surface area contributed by atoms with Gasteiger partial charge in [-0.1, -0.05) is 0 Å². The molecule has 8 heavy (non-hydrogen) atoms. The van der Waals surface area contributed by atoms with Crippen LogP contribution in [0.3, 0.4) is 0 Å². The molecule has 5 nitrogen and oxygen atoms in total. The smallest absolute Gasteiger partial charge is 0.211 e. The van der Waals surface area contributed by atoms with Crippen molar-refractivity contribution in [1.29, 1.82) is 0 Å². The van der Waals surface area contributed by atoms with Crippen molar-refractivity contribution in [3.05, 3.63) is 0 Å². The lowest BCUT2D eigenvalue weighted by Gasteiger charge is -1.80. The molecular formula is C3H9N5. The molecule has 0 amide bonds. The zero-order chi connectivity index (χ0) is 6.41. The van der Waals surface area contributed by atoms with Gasteiger partial charge in [0.1, 0.15) is 0 Å². The van der Waals surface area contributed by atoms with Crippen molar-refractivity contribution in [2.75, 3.05) is 6.54 Å². The van der Waals surface area contributed by atoms with E-state index in [9.17, 15) is 0 Å². The molecule has 0 rings (SSSR count). The van der Waals surface area contributed by atoms with Gasteiger partial charge in [0, 0.05) is 12.8 Å². The fourth-order valence-corrected chi connectivity index (χ4v) is 0.155. The van der Waals surface area contributed by atoms with Crippen molar-refractivity contribution in [1.82, 2.24) is 0 Å². The molecule has 0 aliphatic rings. The number of nitrogens with two attached hydrogens (primary N) is 3. The number of hydrogen-bond donors (Lipinski definition) is 3. The Labute approximate surface area is 47.2 Å². The zero-order valence-corrected chi connectivity index (χ0v) is 4.41. The van der Waals surface area contributed by atoms with Crippen LogP contribution in [0.4, 0.5) is 0 Å². The van der Waals surface area contributed by atoms with Gasteiger partial charge >= 0.3 is 0 Å². The van der Waals surface area contributed by atoms with E-state index in [1.165, 1.54) is 6.21 Å². The Balaban J connectivity index is 3.42. The highest BCUT2D eigenvalue weighted by Crippen LogP contribution is 1.62. The molecule has 0 saturated heterocycles. The molecule has 0 heterocycles. The topological polar surface area (TPSA) is 103 Å². The zero-order valence-electron chi connectivity index (χ0n) is 4.41. The predicted octanol–water partition coefficient (Wildman–Crippen LogP) is -1.80. The van der Waals surface area contributed by atoms with Gasteiger partial charge in [0.2, 0.25) is 5.96 Å². The highest BCUT2D eigenvalue weighted by atomic mass is 15.3. The van der Waals surface area contributed by atoms with Crippen LogP contribution in [0.25, 0.3) is 0 Å². The predicted molar refractivity (Wildman–Crippen MR) is 33.4 cm³/mol. The highest BCUT2D eigenvalue weighted by Gasteiger charge is 1.69. The third kappa shape index (κ3) is 4.90. The van der Waals surface area contributed by atoms with Gasteiger partial charge in [-0.25, -0.2) is 0 Å². The fraction of sp³-hybridized carbons (Fsp3) is 0.333. The van der Waals surface area contributed by atoms with Crippen molar-refractivity contribution in [3.8, 4) is 0 Å². The molecule has 5 heteroatoms. The van der Waals surface area contributed by atoms with Crippen molar-refractivity contribution in [2.24, 2.45) is 27.4 Å². The van der Waals surface area contributed by atoms with Gasteiger partial charge in [0.05, 0.1) is 0 Å². The molecule has 0 aromatic heterocycles. The van der Waals surface area contributed by atoms with Gasteiger partial charge in [-0.2, -0.15) is 5.10 Å². The lowest BCUT2D eigenvalue weighted by Crippen LogP contribution is -2.21. The molecular weight excluding hydrogens is 106 g/mol. The van der Waals surface area contributed by atoms with Gasteiger partial charge in [-0.05, 0) is 0 Å². The minimum atomic E-state index is -0.0605. The first kappa shape index (κ1) is 6.90. The number of rotatable bonds is 2.